The minimum absolute atomic E-state index is 0.0275. The lowest BCUT2D eigenvalue weighted by Crippen LogP contribution is -2.39. The van der Waals surface area contributed by atoms with E-state index in [4.69, 9.17) is 5.73 Å². The molecule has 0 radical (unpaired) electrons. The molecule has 2 atom stereocenters. The van der Waals surface area contributed by atoms with Crippen LogP contribution in [0.3, 0.4) is 0 Å². The van der Waals surface area contributed by atoms with E-state index in [2.05, 4.69) is 24.5 Å². The number of amides is 3. The van der Waals surface area contributed by atoms with Crippen LogP contribution in [-0.2, 0) is 4.79 Å². The van der Waals surface area contributed by atoms with Gasteiger partial charge in [-0.1, -0.05) is 32.0 Å². The topological polar surface area (TPSA) is 84.2 Å². The van der Waals surface area contributed by atoms with Gasteiger partial charge in [0.2, 0.25) is 5.91 Å². The minimum Gasteiger partial charge on any atom is -0.354 e. The van der Waals surface area contributed by atoms with Crippen LogP contribution in [0.5, 0.6) is 0 Å². The first-order valence-corrected chi connectivity index (χ1v) is 7.89. The highest BCUT2D eigenvalue weighted by Crippen LogP contribution is 2.20. The molecule has 0 unspecified atom stereocenters. The molecule has 0 aromatic heterocycles. The maximum Gasteiger partial charge on any atom is 0.312 e. The second-order valence-corrected chi connectivity index (χ2v) is 6.23. The van der Waals surface area contributed by atoms with Gasteiger partial charge in [0.25, 0.3) is 0 Å². The number of nitrogens with two attached hydrogens (primary N) is 1. The Morgan fingerprint density at radius 2 is 1.78 bits per heavy atom. The smallest absolute Gasteiger partial charge is 0.312 e. The third-order valence-corrected chi connectivity index (χ3v) is 3.57. The minimum atomic E-state index is -0.793. The van der Waals surface area contributed by atoms with E-state index in [1.807, 2.05) is 6.92 Å². The number of rotatable bonds is 8. The van der Waals surface area contributed by atoms with E-state index in [9.17, 15) is 14.0 Å². The van der Waals surface area contributed by atoms with E-state index in [1.54, 1.807) is 12.1 Å². The molecule has 0 aliphatic carbocycles. The lowest BCUT2D eigenvalue weighted by Gasteiger charge is -2.20. The zero-order chi connectivity index (χ0) is 17.4. The van der Waals surface area contributed by atoms with Gasteiger partial charge in [0.05, 0.1) is 12.5 Å². The van der Waals surface area contributed by atoms with Crippen molar-refractivity contribution < 1.29 is 14.0 Å². The highest BCUT2D eigenvalue weighted by Gasteiger charge is 2.21. The summed E-state index contributed by atoms with van der Waals surface area (Å²) in [6.07, 6.45) is 1.82. The number of carbonyl (C=O) groups is 2. The van der Waals surface area contributed by atoms with Crippen molar-refractivity contribution in [2.75, 3.05) is 0 Å². The van der Waals surface area contributed by atoms with E-state index in [-0.39, 0.29) is 23.9 Å². The highest BCUT2D eigenvalue weighted by atomic mass is 19.1. The molecule has 128 valence electrons. The number of nitrogens with one attached hydrogen (secondary N) is 2. The number of primary amides is 1. The first kappa shape index (κ1) is 18.9. The lowest BCUT2D eigenvalue weighted by molar-refractivity contribution is -0.122. The number of hydrogen-bond acceptors (Lipinski definition) is 2. The molecular weight excluding hydrogens is 297 g/mol. The van der Waals surface area contributed by atoms with Gasteiger partial charge in [0, 0.05) is 11.6 Å². The quantitative estimate of drug-likeness (QED) is 0.687. The molecule has 0 aliphatic heterocycles. The third kappa shape index (κ3) is 7.13. The maximum atomic E-state index is 13.9. The van der Waals surface area contributed by atoms with Crippen LogP contribution >= 0.6 is 0 Å². The van der Waals surface area contributed by atoms with Crippen molar-refractivity contribution in [2.24, 2.45) is 11.7 Å². The number of benzene rings is 1. The molecule has 0 aliphatic rings. The Balaban J connectivity index is 2.69. The molecule has 0 fully saturated rings. The van der Waals surface area contributed by atoms with Crippen LogP contribution in [0.1, 0.15) is 51.6 Å². The molecule has 0 spiro atoms. The normalized spacial score (nSPS) is 13.4. The summed E-state index contributed by atoms with van der Waals surface area (Å²) in [7, 11) is 0. The van der Waals surface area contributed by atoms with E-state index in [0.717, 1.165) is 12.8 Å². The van der Waals surface area contributed by atoms with Crippen molar-refractivity contribution in [3.05, 3.63) is 35.6 Å². The summed E-state index contributed by atoms with van der Waals surface area (Å²) in [5.74, 6) is -0.160. The summed E-state index contributed by atoms with van der Waals surface area (Å²) in [5.41, 5.74) is 5.38. The Hall–Kier alpha value is -2.11. The van der Waals surface area contributed by atoms with Gasteiger partial charge in [-0.05, 0) is 31.7 Å². The maximum absolute atomic E-state index is 13.9. The average Bonchev–Trinajstić information content (AvgIpc) is 2.44. The molecule has 4 N–H and O–H groups in total. The van der Waals surface area contributed by atoms with Crippen molar-refractivity contribution in [3.63, 3.8) is 0 Å². The molecule has 3 amide bonds. The Kier molecular flexibility index (Phi) is 7.51. The standard InChI is InChI=1S/C17H26FN3O2/c1-11(2)8-9-12(3)20-16(22)10-15(21-17(19)23)13-6-4-5-7-14(13)18/h4-7,11-12,15H,8-10H2,1-3H3,(H,20,22)(H3,19,21,23)/t12-,15-/m1/s1. The second kappa shape index (κ2) is 9.12. The zero-order valence-electron chi connectivity index (χ0n) is 13.9. The molecule has 0 saturated carbocycles. The molecule has 6 heteroatoms. The SMILES string of the molecule is CC(C)CC[C@@H](C)NC(=O)C[C@@H](NC(N)=O)c1ccccc1F. The summed E-state index contributed by atoms with van der Waals surface area (Å²) >= 11 is 0. The fourth-order valence-corrected chi connectivity index (χ4v) is 2.34. The summed E-state index contributed by atoms with van der Waals surface area (Å²) in [5, 5.41) is 5.30. The number of urea groups is 1. The number of hydrogen-bond donors (Lipinski definition) is 3. The summed E-state index contributed by atoms with van der Waals surface area (Å²) in [6, 6.07) is 4.47. The summed E-state index contributed by atoms with van der Waals surface area (Å²) < 4.78 is 13.9. The van der Waals surface area contributed by atoms with Gasteiger partial charge in [0.15, 0.2) is 0 Å². The Morgan fingerprint density at radius 1 is 1.13 bits per heavy atom. The van der Waals surface area contributed by atoms with Crippen LogP contribution in [0.15, 0.2) is 24.3 Å². The Morgan fingerprint density at radius 3 is 2.35 bits per heavy atom. The second-order valence-electron chi connectivity index (χ2n) is 6.23. The highest BCUT2D eigenvalue weighted by molar-refractivity contribution is 5.79. The van der Waals surface area contributed by atoms with E-state index in [0.29, 0.717) is 5.92 Å². The van der Waals surface area contributed by atoms with Crippen molar-refractivity contribution in [1.29, 1.82) is 0 Å². The number of carbonyl (C=O) groups excluding carboxylic acids is 2. The number of halogens is 1. The summed E-state index contributed by atoms with van der Waals surface area (Å²) in [4.78, 5) is 23.3. The first-order chi connectivity index (χ1) is 10.8. The van der Waals surface area contributed by atoms with Gasteiger partial charge in [-0.3, -0.25) is 4.79 Å². The van der Waals surface area contributed by atoms with Crippen molar-refractivity contribution in [3.8, 4) is 0 Å². The van der Waals surface area contributed by atoms with Crippen LogP contribution in [0, 0.1) is 11.7 Å². The van der Waals surface area contributed by atoms with Crippen molar-refractivity contribution >= 4 is 11.9 Å². The van der Waals surface area contributed by atoms with Gasteiger partial charge in [-0.15, -0.1) is 0 Å². The molecule has 1 aromatic rings. The molecular formula is C17H26FN3O2. The molecule has 1 rings (SSSR count). The monoisotopic (exact) mass is 323 g/mol. The first-order valence-electron chi connectivity index (χ1n) is 7.89. The fraction of sp³-hybridized carbons (Fsp3) is 0.529. The van der Waals surface area contributed by atoms with Gasteiger partial charge in [-0.2, -0.15) is 0 Å². The van der Waals surface area contributed by atoms with Gasteiger partial charge < -0.3 is 16.4 Å². The Labute approximate surface area is 136 Å². The largest absolute Gasteiger partial charge is 0.354 e. The van der Waals surface area contributed by atoms with Crippen LogP contribution < -0.4 is 16.4 Å². The molecule has 5 nitrogen and oxygen atoms in total. The van der Waals surface area contributed by atoms with Gasteiger partial charge in [0.1, 0.15) is 5.82 Å². The molecule has 0 saturated heterocycles. The molecule has 23 heavy (non-hydrogen) atoms. The van der Waals surface area contributed by atoms with Crippen LogP contribution in [-0.4, -0.2) is 18.0 Å². The zero-order valence-corrected chi connectivity index (χ0v) is 13.9. The van der Waals surface area contributed by atoms with Crippen LogP contribution in [0.25, 0.3) is 0 Å². The fourth-order valence-electron chi connectivity index (χ4n) is 2.34. The summed E-state index contributed by atoms with van der Waals surface area (Å²) in [6.45, 7) is 6.18. The molecule has 0 heterocycles. The van der Waals surface area contributed by atoms with Crippen LogP contribution in [0.4, 0.5) is 9.18 Å². The van der Waals surface area contributed by atoms with Crippen molar-refractivity contribution in [1.82, 2.24) is 10.6 Å². The Bertz CT molecular complexity index is 534. The average molecular weight is 323 g/mol. The lowest BCUT2D eigenvalue weighted by atomic mass is 10.0. The molecule has 1 aromatic carbocycles. The predicted molar refractivity (Wildman–Crippen MR) is 88.2 cm³/mol. The van der Waals surface area contributed by atoms with Crippen LogP contribution in [0.2, 0.25) is 0 Å². The van der Waals surface area contributed by atoms with Gasteiger partial charge >= 0.3 is 6.03 Å². The predicted octanol–water partition coefficient (Wildman–Crippen LogP) is 2.87. The third-order valence-electron chi connectivity index (χ3n) is 3.57. The molecule has 0 bridgehead atoms. The van der Waals surface area contributed by atoms with E-state index >= 15 is 0 Å². The van der Waals surface area contributed by atoms with Gasteiger partial charge in [-0.25, -0.2) is 9.18 Å². The van der Waals surface area contributed by atoms with Crippen molar-refractivity contribution in [2.45, 2.75) is 52.1 Å². The van der Waals surface area contributed by atoms with E-state index < -0.39 is 17.9 Å². The van der Waals surface area contributed by atoms with E-state index in [1.165, 1.54) is 12.1 Å².